The molecule has 1 fully saturated rings. The van der Waals surface area contributed by atoms with E-state index in [1.54, 1.807) is 0 Å². The third-order valence-electron chi connectivity index (χ3n) is 2.89. The number of hydrogen-bond acceptors (Lipinski definition) is 3. The minimum absolute atomic E-state index is 0.570. The first kappa shape index (κ1) is 9.31. The first-order chi connectivity index (χ1) is 6.79. The largest absolute Gasteiger partial charge is 0.396 e. The lowest BCUT2D eigenvalue weighted by Gasteiger charge is -2.34. The fourth-order valence-electron chi connectivity index (χ4n) is 2.06. The van der Waals surface area contributed by atoms with Crippen LogP contribution in [0.3, 0.4) is 0 Å². The lowest BCUT2D eigenvalue weighted by atomic mass is 10.0. The van der Waals surface area contributed by atoms with Crippen LogP contribution in [0.15, 0.2) is 18.3 Å². The number of rotatable bonds is 1. The standard InChI is InChI=1S/C11H17N3/c1-9-5-2-3-8-14(9)11-10(12)6-4-7-13-11/h4,6-7,9H,2-3,5,8,12H2,1H3/t9-/m1/s1. The molecular weight excluding hydrogens is 174 g/mol. The second-order valence-corrected chi connectivity index (χ2v) is 3.95. The molecule has 0 bridgehead atoms. The minimum atomic E-state index is 0.570. The molecule has 0 spiro atoms. The predicted molar refractivity (Wildman–Crippen MR) is 59.3 cm³/mol. The van der Waals surface area contributed by atoms with Gasteiger partial charge in [-0.05, 0) is 38.3 Å². The Labute approximate surface area is 84.9 Å². The Morgan fingerprint density at radius 2 is 2.36 bits per heavy atom. The molecular formula is C11H17N3. The number of hydrogen-bond donors (Lipinski definition) is 1. The second-order valence-electron chi connectivity index (χ2n) is 3.95. The number of anilines is 2. The van der Waals surface area contributed by atoms with Crippen LogP contribution in [0.2, 0.25) is 0 Å². The number of pyridine rings is 1. The first-order valence-corrected chi connectivity index (χ1v) is 5.26. The van der Waals surface area contributed by atoms with Crippen LogP contribution in [-0.2, 0) is 0 Å². The number of nitrogens with two attached hydrogens (primary N) is 1. The van der Waals surface area contributed by atoms with Crippen LogP contribution in [0.25, 0.3) is 0 Å². The zero-order valence-electron chi connectivity index (χ0n) is 8.61. The zero-order chi connectivity index (χ0) is 9.97. The summed E-state index contributed by atoms with van der Waals surface area (Å²) < 4.78 is 0. The normalized spacial score (nSPS) is 22.4. The number of nitrogen functional groups attached to an aromatic ring is 1. The maximum Gasteiger partial charge on any atom is 0.151 e. The van der Waals surface area contributed by atoms with Crippen molar-refractivity contribution in [2.45, 2.75) is 32.2 Å². The summed E-state index contributed by atoms with van der Waals surface area (Å²) in [4.78, 5) is 6.67. The van der Waals surface area contributed by atoms with E-state index >= 15 is 0 Å². The van der Waals surface area contributed by atoms with Crippen molar-refractivity contribution >= 4 is 11.5 Å². The molecule has 76 valence electrons. The van der Waals surface area contributed by atoms with E-state index in [1.807, 2.05) is 18.3 Å². The predicted octanol–water partition coefficient (Wildman–Crippen LogP) is 2.04. The summed E-state index contributed by atoms with van der Waals surface area (Å²) in [5, 5.41) is 0. The van der Waals surface area contributed by atoms with Gasteiger partial charge in [-0.2, -0.15) is 0 Å². The van der Waals surface area contributed by atoms with E-state index in [1.165, 1.54) is 19.3 Å². The van der Waals surface area contributed by atoms with Crippen LogP contribution < -0.4 is 10.6 Å². The topological polar surface area (TPSA) is 42.2 Å². The molecule has 3 heteroatoms. The summed E-state index contributed by atoms with van der Waals surface area (Å²) in [6.45, 7) is 3.33. The summed E-state index contributed by atoms with van der Waals surface area (Å²) in [7, 11) is 0. The van der Waals surface area contributed by atoms with E-state index in [2.05, 4.69) is 16.8 Å². The van der Waals surface area contributed by atoms with E-state index in [4.69, 9.17) is 5.73 Å². The van der Waals surface area contributed by atoms with Gasteiger partial charge >= 0.3 is 0 Å². The maximum absolute atomic E-state index is 5.91. The SMILES string of the molecule is C[C@@H]1CCCCN1c1ncccc1N. The Morgan fingerprint density at radius 1 is 1.50 bits per heavy atom. The zero-order valence-corrected chi connectivity index (χ0v) is 8.61. The van der Waals surface area contributed by atoms with Crippen LogP contribution in [0.1, 0.15) is 26.2 Å². The van der Waals surface area contributed by atoms with Gasteiger partial charge in [0, 0.05) is 18.8 Å². The Hall–Kier alpha value is -1.25. The van der Waals surface area contributed by atoms with Gasteiger partial charge in [0.15, 0.2) is 5.82 Å². The molecule has 1 aliphatic heterocycles. The van der Waals surface area contributed by atoms with E-state index < -0.39 is 0 Å². The van der Waals surface area contributed by atoms with Crippen molar-refractivity contribution < 1.29 is 0 Å². The Bertz CT molecular complexity index is 311. The van der Waals surface area contributed by atoms with Crippen LogP contribution >= 0.6 is 0 Å². The third kappa shape index (κ3) is 1.67. The Morgan fingerprint density at radius 3 is 3.07 bits per heavy atom. The van der Waals surface area contributed by atoms with E-state index in [0.29, 0.717) is 6.04 Å². The van der Waals surface area contributed by atoms with Gasteiger partial charge in [0.05, 0.1) is 5.69 Å². The van der Waals surface area contributed by atoms with Crippen molar-refractivity contribution in [3.8, 4) is 0 Å². The summed E-state index contributed by atoms with van der Waals surface area (Å²) in [5.41, 5.74) is 6.70. The first-order valence-electron chi connectivity index (χ1n) is 5.26. The molecule has 2 heterocycles. The molecule has 0 aromatic carbocycles. The molecule has 1 aromatic heterocycles. The highest BCUT2D eigenvalue weighted by Gasteiger charge is 2.20. The summed E-state index contributed by atoms with van der Waals surface area (Å²) in [6.07, 6.45) is 5.63. The molecule has 0 saturated carbocycles. The average molecular weight is 191 g/mol. The van der Waals surface area contributed by atoms with Crippen LogP contribution in [-0.4, -0.2) is 17.6 Å². The molecule has 0 aliphatic carbocycles. The van der Waals surface area contributed by atoms with Gasteiger partial charge in [-0.25, -0.2) is 4.98 Å². The summed E-state index contributed by atoms with van der Waals surface area (Å²) in [6, 6.07) is 4.37. The van der Waals surface area contributed by atoms with E-state index in [0.717, 1.165) is 18.1 Å². The highest BCUT2D eigenvalue weighted by atomic mass is 15.2. The van der Waals surface area contributed by atoms with Crippen LogP contribution in [0.4, 0.5) is 11.5 Å². The Balaban J connectivity index is 2.25. The molecule has 3 nitrogen and oxygen atoms in total. The third-order valence-corrected chi connectivity index (χ3v) is 2.89. The second kappa shape index (κ2) is 3.86. The van der Waals surface area contributed by atoms with Crippen LogP contribution in [0, 0.1) is 0 Å². The molecule has 2 rings (SSSR count). The van der Waals surface area contributed by atoms with Crippen molar-refractivity contribution in [2.24, 2.45) is 0 Å². The molecule has 14 heavy (non-hydrogen) atoms. The fraction of sp³-hybridized carbons (Fsp3) is 0.545. The van der Waals surface area contributed by atoms with Crippen molar-refractivity contribution in [2.75, 3.05) is 17.2 Å². The maximum atomic E-state index is 5.91. The van der Waals surface area contributed by atoms with E-state index in [-0.39, 0.29) is 0 Å². The van der Waals surface area contributed by atoms with Gasteiger partial charge in [0.25, 0.3) is 0 Å². The van der Waals surface area contributed by atoms with Gasteiger partial charge in [-0.15, -0.1) is 0 Å². The lowest BCUT2D eigenvalue weighted by molar-refractivity contribution is 0.482. The summed E-state index contributed by atoms with van der Waals surface area (Å²) >= 11 is 0. The fourth-order valence-corrected chi connectivity index (χ4v) is 2.06. The van der Waals surface area contributed by atoms with Gasteiger partial charge in [-0.3, -0.25) is 0 Å². The molecule has 1 atom stereocenters. The molecule has 0 amide bonds. The molecule has 1 aromatic rings. The van der Waals surface area contributed by atoms with Gasteiger partial charge in [0.2, 0.25) is 0 Å². The van der Waals surface area contributed by atoms with Gasteiger partial charge < -0.3 is 10.6 Å². The quantitative estimate of drug-likeness (QED) is 0.738. The number of aromatic nitrogens is 1. The van der Waals surface area contributed by atoms with Crippen molar-refractivity contribution in [1.82, 2.24) is 4.98 Å². The number of piperidine rings is 1. The van der Waals surface area contributed by atoms with Gasteiger partial charge in [-0.1, -0.05) is 0 Å². The molecule has 0 radical (unpaired) electrons. The lowest BCUT2D eigenvalue weighted by Crippen LogP contribution is -2.38. The number of nitrogens with zero attached hydrogens (tertiary/aromatic N) is 2. The highest BCUT2D eigenvalue weighted by Crippen LogP contribution is 2.26. The van der Waals surface area contributed by atoms with Crippen molar-refractivity contribution in [3.05, 3.63) is 18.3 Å². The molecule has 2 N–H and O–H groups in total. The Kier molecular flexibility index (Phi) is 2.57. The van der Waals surface area contributed by atoms with E-state index in [9.17, 15) is 0 Å². The summed E-state index contributed by atoms with van der Waals surface area (Å²) in [5.74, 6) is 0.958. The highest BCUT2D eigenvalue weighted by molar-refractivity contribution is 5.62. The smallest absolute Gasteiger partial charge is 0.151 e. The van der Waals surface area contributed by atoms with Crippen LogP contribution in [0.5, 0.6) is 0 Å². The van der Waals surface area contributed by atoms with Crippen molar-refractivity contribution in [3.63, 3.8) is 0 Å². The molecule has 1 saturated heterocycles. The average Bonchev–Trinajstić information content (AvgIpc) is 2.20. The molecule has 1 aliphatic rings. The van der Waals surface area contributed by atoms with Crippen molar-refractivity contribution in [1.29, 1.82) is 0 Å². The van der Waals surface area contributed by atoms with Gasteiger partial charge in [0.1, 0.15) is 0 Å². The monoisotopic (exact) mass is 191 g/mol. The molecule has 0 unspecified atom stereocenters. The minimum Gasteiger partial charge on any atom is -0.396 e.